The van der Waals surface area contributed by atoms with E-state index >= 15 is 0 Å². The number of ketones is 1. The van der Waals surface area contributed by atoms with E-state index < -0.39 is 0 Å². The molecular formula is C10H20O. The van der Waals surface area contributed by atoms with Crippen molar-refractivity contribution in [1.29, 1.82) is 0 Å². The van der Waals surface area contributed by atoms with Gasteiger partial charge in [-0.25, -0.2) is 0 Å². The van der Waals surface area contributed by atoms with Gasteiger partial charge in [0.2, 0.25) is 0 Å². The van der Waals surface area contributed by atoms with Crippen LogP contribution in [0, 0.1) is 11.8 Å². The Morgan fingerprint density at radius 1 is 1.36 bits per heavy atom. The summed E-state index contributed by atoms with van der Waals surface area (Å²) in [6.45, 7) is 8.13. The lowest BCUT2D eigenvalue weighted by Crippen LogP contribution is -2.17. The molecule has 0 fully saturated rings. The summed E-state index contributed by atoms with van der Waals surface area (Å²) in [4.78, 5) is 11.1. The summed E-state index contributed by atoms with van der Waals surface area (Å²) in [5.41, 5.74) is 0. The molecule has 0 N–H and O–H groups in total. The molecule has 0 rings (SSSR count). The Morgan fingerprint density at radius 3 is 2.18 bits per heavy atom. The van der Waals surface area contributed by atoms with E-state index in [9.17, 15) is 4.79 Å². The van der Waals surface area contributed by atoms with Gasteiger partial charge in [0.25, 0.3) is 0 Å². The van der Waals surface area contributed by atoms with Crippen molar-refractivity contribution in [2.75, 3.05) is 0 Å². The van der Waals surface area contributed by atoms with Gasteiger partial charge in [-0.2, -0.15) is 0 Å². The zero-order chi connectivity index (χ0) is 8.85. The molecule has 1 nitrogen and oxygen atoms in total. The average Bonchev–Trinajstić information content (AvgIpc) is 1.87. The standard InChI is InChI=1S/C10H20O/c1-5-6-7-10(8(2)3)9(4)11/h8,10H,5-7H2,1-4H3. The molecule has 0 aromatic rings. The molecule has 0 amide bonds. The van der Waals surface area contributed by atoms with Crippen LogP contribution >= 0.6 is 0 Å². The van der Waals surface area contributed by atoms with E-state index in [4.69, 9.17) is 0 Å². The molecule has 0 radical (unpaired) electrons. The second-order valence-corrected chi connectivity index (χ2v) is 3.60. The summed E-state index contributed by atoms with van der Waals surface area (Å²) in [6, 6.07) is 0. The highest BCUT2D eigenvalue weighted by Gasteiger charge is 2.16. The van der Waals surface area contributed by atoms with Crippen molar-refractivity contribution in [3.8, 4) is 0 Å². The average molecular weight is 156 g/mol. The van der Waals surface area contributed by atoms with Crippen LogP contribution in [0.3, 0.4) is 0 Å². The lowest BCUT2D eigenvalue weighted by atomic mass is 9.88. The molecule has 66 valence electrons. The van der Waals surface area contributed by atoms with Crippen LogP contribution in [0.2, 0.25) is 0 Å². The fourth-order valence-electron chi connectivity index (χ4n) is 1.43. The number of Topliss-reactive ketones (excluding diaryl/α,β-unsaturated/α-hetero) is 1. The summed E-state index contributed by atoms with van der Waals surface area (Å²) < 4.78 is 0. The SMILES string of the molecule is CCCCC(C(C)=O)C(C)C. The normalized spacial score (nSPS) is 13.5. The summed E-state index contributed by atoms with van der Waals surface area (Å²) in [7, 11) is 0. The highest BCUT2D eigenvalue weighted by Crippen LogP contribution is 2.18. The third-order valence-electron chi connectivity index (χ3n) is 2.20. The van der Waals surface area contributed by atoms with Crippen LogP contribution in [-0.4, -0.2) is 5.78 Å². The molecular weight excluding hydrogens is 136 g/mol. The van der Waals surface area contributed by atoms with Gasteiger partial charge in [-0.1, -0.05) is 33.6 Å². The Hall–Kier alpha value is -0.330. The summed E-state index contributed by atoms with van der Waals surface area (Å²) in [5, 5.41) is 0. The van der Waals surface area contributed by atoms with Gasteiger partial charge in [-0.05, 0) is 19.3 Å². The Labute approximate surface area is 70.2 Å². The van der Waals surface area contributed by atoms with Gasteiger partial charge in [0, 0.05) is 5.92 Å². The van der Waals surface area contributed by atoms with Crippen LogP contribution in [0.15, 0.2) is 0 Å². The quantitative estimate of drug-likeness (QED) is 0.598. The van der Waals surface area contributed by atoms with Gasteiger partial charge >= 0.3 is 0 Å². The first-order chi connectivity index (χ1) is 5.09. The van der Waals surface area contributed by atoms with Gasteiger partial charge in [0.05, 0.1) is 0 Å². The Bertz CT molecular complexity index is 116. The second-order valence-electron chi connectivity index (χ2n) is 3.60. The number of unbranched alkanes of at least 4 members (excludes halogenated alkanes) is 1. The minimum atomic E-state index is 0.301. The predicted molar refractivity (Wildman–Crippen MR) is 48.5 cm³/mol. The van der Waals surface area contributed by atoms with Gasteiger partial charge in [-0.15, -0.1) is 0 Å². The zero-order valence-corrected chi connectivity index (χ0v) is 8.18. The molecule has 1 atom stereocenters. The maximum absolute atomic E-state index is 11.1. The molecule has 0 saturated carbocycles. The van der Waals surface area contributed by atoms with Gasteiger partial charge in [-0.3, -0.25) is 4.79 Å². The molecule has 11 heavy (non-hydrogen) atoms. The first-order valence-electron chi connectivity index (χ1n) is 4.60. The van der Waals surface area contributed by atoms with Crippen molar-refractivity contribution in [3.05, 3.63) is 0 Å². The van der Waals surface area contributed by atoms with Gasteiger partial charge < -0.3 is 0 Å². The van der Waals surface area contributed by atoms with E-state index in [1.807, 2.05) is 0 Å². The van der Waals surface area contributed by atoms with Crippen molar-refractivity contribution < 1.29 is 4.79 Å². The maximum atomic E-state index is 11.1. The van der Waals surface area contributed by atoms with E-state index in [1.54, 1.807) is 6.92 Å². The Kier molecular flexibility index (Phi) is 5.18. The van der Waals surface area contributed by atoms with Crippen molar-refractivity contribution in [1.82, 2.24) is 0 Å². The Balaban J connectivity index is 3.80. The minimum Gasteiger partial charge on any atom is -0.300 e. The van der Waals surface area contributed by atoms with Crippen LogP contribution in [0.5, 0.6) is 0 Å². The number of carbonyl (C=O) groups excluding carboxylic acids is 1. The van der Waals surface area contributed by atoms with Crippen molar-refractivity contribution >= 4 is 5.78 Å². The summed E-state index contributed by atoms with van der Waals surface area (Å²) in [6.07, 6.45) is 3.45. The second kappa shape index (κ2) is 5.34. The van der Waals surface area contributed by atoms with Crippen molar-refractivity contribution in [2.24, 2.45) is 11.8 Å². The number of carbonyl (C=O) groups is 1. The molecule has 0 heterocycles. The Morgan fingerprint density at radius 2 is 1.91 bits per heavy atom. The zero-order valence-electron chi connectivity index (χ0n) is 8.18. The van der Waals surface area contributed by atoms with Crippen LogP contribution in [0.25, 0.3) is 0 Å². The minimum absolute atomic E-state index is 0.301. The molecule has 0 aromatic heterocycles. The maximum Gasteiger partial charge on any atom is 0.133 e. The fourth-order valence-corrected chi connectivity index (χ4v) is 1.43. The van der Waals surface area contributed by atoms with Gasteiger partial charge in [0.15, 0.2) is 0 Å². The third kappa shape index (κ3) is 4.18. The first kappa shape index (κ1) is 10.7. The van der Waals surface area contributed by atoms with Crippen molar-refractivity contribution in [2.45, 2.75) is 47.0 Å². The van der Waals surface area contributed by atoms with Gasteiger partial charge in [0.1, 0.15) is 5.78 Å². The van der Waals surface area contributed by atoms with E-state index in [1.165, 1.54) is 12.8 Å². The number of hydrogen-bond donors (Lipinski definition) is 0. The molecule has 0 bridgehead atoms. The number of hydrogen-bond acceptors (Lipinski definition) is 1. The lowest BCUT2D eigenvalue weighted by Gasteiger charge is -2.16. The highest BCUT2D eigenvalue weighted by atomic mass is 16.1. The van der Waals surface area contributed by atoms with Crippen LogP contribution < -0.4 is 0 Å². The molecule has 1 heteroatoms. The first-order valence-corrected chi connectivity index (χ1v) is 4.60. The molecule has 0 spiro atoms. The van der Waals surface area contributed by atoms with E-state index in [-0.39, 0.29) is 0 Å². The third-order valence-corrected chi connectivity index (χ3v) is 2.20. The summed E-state index contributed by atoms with van der Waals surface area (Å²) in [5.74, 6) is 1.17. The number of rotatable bonds is 5. The van der Waals surface area contributed by atoms with Crippen molar-refractivity contribution in [3.63, 3.8) is 0 Å². The van der Waals surface area contributed by atoms with Crippen LogP contribution in [0.4, 0.5) is 0 Å². The lowest BCUT2D eigenvalue weighted by molar-refractivity contribution is -0.122. The molecule has 0 saturated heterocycles. The smallest absolute Gasteiger partial charge is 0.133 e. The topological polar surface area (TPSA) is 17.1 Å². The molecule has 0 aliphatic rings. The summed E-state index contributed by atoms with van der Waals surface area (Å²) >= 11 is 0. The largest absolute Gasteiger partial charge is 0.300 e. The predicted octanol–water partition coefficient (Wildman–Crippen LogP) is 3.04. The molecule has 1 unspecified atom stereocenters. The van der Waals surface area contributed by atoms with Crippen LogP contribution in [-0.2, 0) is 4.79 Å². The van der Waals surface area contributed by atoms with E-state index in [0.29, 0.717) is 17.6 Å². The molecule has 0 aromatic carbocycles. The highest BCUT2D eigenvalue weighted by molar-refractivity contribution is 5.78. The van der Waals surface area contributed by atoms with Crippen LogP contribution in [0.1, 0.15) is 47.0 Å². The van der Waals surface area contributed by atoms with E-state index in [0.717, 1.165) is 6.42 Å². The molecule has 0 aliphatic heterocycles. The molecule has 0 aliphatic carbocycles. The van der Waals surface area contributed by atoms with E-state index in [2.05, 4.69) is 20.8 Å². The fraction of sp³-hybridized carbons (Fsp3) is 0.900. The monoisotopic (exact) mass is 156 g/mol.